The summed E-state index contributed by atoms with van der Waals surface area (Å²) in [6.07, 6.45) is 3.50. The molecule has 1 saturated carbocycles. The number of imidazole rings is 1. The monoisotopic (exact) mass is 211 g/mol. The van der Waals surface area contributed by atoms with Gasteiger partial charge in [-0.25, -0.2) is 4.98 Å². The second-order valence-corrected chi connectivity index (χ2v) is 4.90. The minimum absolute atomic E-state index is 0.749. The number of pyridine rings is 1. The highest BCUT2D eigenvalue weighted by molar-refractivity contribution is 5.54. The van der Waals surface area contributed by atoms with Crippen LogP contribution in [0.4, 0.5) is 0 Å². The molecule has 2 aliphatic rings. The lowest BCUT2D eigenvalue weighted by Gasteiger charge is -1.97. The van der Waals surface area contributed by atoms with Crippen LogP contribution >= 0.6 is 0 Å². The van der Waals surface area contributed by atoms with Gasteiger partial charge < -0.3 is 4.57 Å². The van der Waals surface area contributed by atoms with E-state index in [0.29, 0.717) is 0 Å². The molecule has 2 aromatic rings. The van der Waals surface area contributed by atoms with Gasteiger partial charge in [0.25, 0.3) is 0 Å². The molecule has 3 heterocycles. The van der Waals surface area contributed by atoms with Crippen LogP contribution in [0.2, 0.25) is 0 Å². The molecule has 0 bridgehead atoms. The summed E-state index contributed by atoms with van der Waals surface area (Å²) in [6.45, 7) is 3.18. The molecule has 2 unspecified atom stereocenters. The molecule has 0 amide bonds. The van der Waals surface area contributed by atoms with E-state index >= 15 is 0 Å². The van der Waals surface area contributed by atoms with Crippen molar-refractivity contribution in [2.45, 2.75) is 25.8 Å². The van der Waals surface area contributed by atoms with Gasteiger partial charge in [0.1, 0.15) is 11.5 Å². The number of rotatable bonds is 1. The average molecular weight is 211 g/mol. The van der Waals surface area contributed by atoms with E-state index in [4.69, 9.17) is 4.98 Å². The van der Waals surface area contributed by atoms with Gasteiger partial charge in [-0.1, -0.05) is 6.07 Å². The number of aryl methyl sites for hydroxylation is 1. The predicted molar refractivity (Wildman–Crippen MR) is 61.0 cm³/mol. The van der Waals surface area contributed by atoms with Crippen LogP contribution < -0.4 is 0 Å². The number of hydrogen-bond acceptors (Lipinski definition) is 2. The highest BCUT2D eigenvalue weighted by Crippen LogP contribution is 2.53. The fourth-order valence-corrected chi connectivity index (χ4v) is 2.70. The molecule has 4 rings (SSSR count). The molecule has 3 nitrogen and oxygen atoms in total. The Labute approximate surface area is 94.2 Å². The highest BCUT2D eigenvalue weighted by Gasteiger charge is 2.47. The van der Waals surface area contributed by atoms with Gasteiger partial charge in [0.15, 0.2) is 0 Å². The topological polar surface area (TPSA) is 30.7 Å². The summed E-state index contributed by atoms with van der Waals surface area (Å²) in [5.41, 5.74) is 3.08. The van der Waals surface area contributed by atoms with Crippen molar-refractivity contribution in [1.29, 1.82) is 0 Å². The zero-order valence-electron chi connectivity index (χ0n) is 9.22. The van der Waals surface area contributed by atoms with Crippen LogP contribution in [0.15, 0.2) is 24.4 Å². The summed E-state index contributed by atoms with van der Waals surface area (Å²) >= 11 is 0. The van der Waals surface area contributed by atoms with Crippen LogP contribution in [0.5, 0.6) is 0 Å². The molecule has 0 saturated heterocycles. The number of hydrogen-bond donors (Lipinski definition) is 0. The quantitative estimate of drug-likeness (QED) is 0.725. The summed E-state index contributed by atoms with van der Waals surface area (Å²) in [5.74, 6) is 2.92. The lowest BCUT2D eigenvalue weighted by Crippen LogP contribution is -1.94. The molecule has 16 heavy (non-hydrogen) atoms. The maximum Gasteiger partial charge on any atom is 0.112 e. The zero-order valence-corrected chi connectivity index (χ0v) is 9.22. The SMILES string of the molecule is Cc1cccc(-c2cn3c(n2)C2CC2C3)n1. The second kappa shape index (κ2) is 2.73. The van der Waals surface area contributed by atoms with Gasteiger partial charge >= 0.3 is 0 Å². The van der Waals surface area contributed by atoms with Crippen molar-refractivity contribution in [3.8, 4) is 11.4 Å². The molecule has 0 spiro atoms. The summed E-state index contributed by atoms with van der Waals surface area (Å²) in [4.78, 5) is 9.24. The summed E-state index contributed by atoms with van der Waals surface area (Å²) in [6, 6.07) is 6.10. The van der Waals surface area contributed by atoms with Crippen molar-refractivity contribution in [3.63, 3.8) is 0 Å². The van der Waals surface area contributed by atoms with E-state index in [2.05, 4.69) is 15.7 Å². The second-order valence-electron chi connectivity index (χ2n) is 4.90. The van der Waals surface area contributed by atoms with E-state index < -0.39 is 0 Å². The first-order valence-corrected chi connectivity index (χ1v) is 5.82. The van der Waals surface area contributed by atoms with Crippen molar-refractivity contribution in [2.24, 2.45) is 5.92 Å². The number of aromatic nitrogens is 3. The van der Waals surface area contributed by atoms with Crippen LogP contribution in [0.25, 0.3) is 11.4 Å². The van der Waals surface area contributed by atoms with Gasteiger partial charge in [-0.3, -0.25) is 4.98 Å². The number of nitrogens with zero attached hydrogens (tertiary/aromatic N) is 3. The molecule has 1 fully saturated rings. The van der Waals surface area contributed by atoms with Crippen LogP contribution in [0.3, 0.4) is 0 Å². The maximum atomic E-state index is 4.73. The molecular formula is C13H13N3. The van der Waals surface area contributed by atoms with E-state index in [9.17, 15) is 0 Å². The molecule has 3 heteroatoms. The smallest absolute Gasteiger partial charge is 0.112 e. The third kappa shape index (κ3) is 1.08. The fourth-order valence-electron chi connectivity index (χ4n) is 2.70. The third-order valence-electron chi connectivity index (χ3n) is 3.64. The highest BCUT2D eigenvalue weighted by atomic mass is 15.1. The van der Waals surface area contributed by atoms with E-state index in [0.717, 1.165) is 28.9 Å². The van der Waals surface area contributed by atoms with Gasteiger partial charge in [0, 0.05) is 24.4 Å². The van der Waals surface area contributed by atoms with Crippen LogP contribution in [0.1, 0.15) is 23.9 Å². The Kier molecular flexibility index (Phi) is 1.45. The fraction of sp³-hybridized carbons (Fsp3) is 0.385. The van der Waals surface area contributed by atoms with Gasteiger partial charge in [-0.05, 0) is 31.4 Å². The first-order valence-electron chi connectivity index (χ1n) is 5.82. The van der Waals surface area contributed by atoms with Gasteiger partial charge in [-0.2, -0.15) is 0 Å². The largest absolute Gasteiger partial charge is 0.334 e. The lowest BCUT2D eigenvalue weighted by molar-refractivity contribution is 0.669. The van der Waals surface area contributed by atoms with Crippen molar-refractivity contribution in [2.75, 3.05) is 0 Å². The van der Waals surface area contributed by atoms with Crippen molar-refractivity contribution < 1.29 is 0 Å². The number of fused-ring (bicyclic) bond motifs is 3. The Morgan fingerprint density at radius 1 is 1.25 bits per heavy atom. The van der Waals surface area contributed by atoms with Crippen molar-refractivity contribution in [3.05, 3.63) is 35.9 Å². The molecule has 80 valence electrons. The maximum absolute atomic E-state index is 4.73. The van der Waals surface area contributed by atoms with E-state index in [1.165, 1.54) is 18.8 Å². The molecule has 2 aromatic heterocycles. The molecule has 0 radical (unpaired) electrons. The van der Waals surface area contributed by atoms with Crippen LogP contribution in [-0.4, -0.2) is 14.5 Å². The van der Waals surface area contributed by atoms with Gasteiger partial charge in [0.05, 0.1) is 5.69 Å². The standard InChI is InChI=1S/C13H13N3/c1-8-3-2-4-11(14-8)12-7-16-6-9-5-10(9)13(16)15-12/h2-4,7,9-10H,5-6H2,1H3. The van der Waals surface area contributed by atoms with Crippen molar-refractivity contribution >= 4 is 0 Å². The first-order chi connectivity index (χ1) is 7.81. The Morgan fingerprint density at radius 2 is 2.19 bits per heavy atom. The van der Waals surface area contributed by atoms with Gasteiger partial charge in [-0.15, -0.1) is 0 Å². The van der Waals surface area contributed by atoms with Gasteiger partial charge in [0.2, 0.25) is 0 Å². The average Bonchev–Trinajstić information content (AvgIpc) is 2.77. The van der Waals surface area contributed by atoms with Crippen LogP contribution in [0, 0.1) is 12.8 Å². The van der Waals surface area contributed by atoms with E-state index in [-0.39, 0.29) is 0 Å². The molecule has 2 atom stereocenters. The third-order valence-corrected chi connectivity index (χ3v) is 3.64. The molecule has 1 aliphatic carbocycles. The van der Waals surface area contributed by atoms with E-state index in [1.54, 1.807) is 0 Å². The Bertz CT molecular complexity index is 570. The summed E-state index contributed by atoms with van der Waals surface area (Å²) in [7, 11) is 0. The molecular weight excluding hydrogens is 198 g/mol. The first kappa shape index (κ1) is 8.50. The minimum atomic E-state index is 0.749. The van der Waals surface area contributed by atoms with Crippen LogP contribution in [-0.2, 0) is 6.54 Å². The molecule has 0 N–H and O–H groups in total. The van der Waals surface area contributed by atoms with E-state index in [1.807, 2.05) is 25.1 Å². The Morgan fingerprint density at radius 3 is 3.00 bits per heavy atom. The molecule has 0 aromatic carbocycles. The Hall–Kier alpha value is -1.64. The normalized spacial score (nSPS) is 25.3. The zero-order chi connectivity index (χ0) is 10.7. The predicted octanol–water partition coefficient (Wildman–Crippen LogP) is 2.37. The molecule has 1 aliphatic heterocycles. The Balaban J connectivity index is 1.81. The van der Waals surface area contributed by atoms with Crippen molar-refractivity contribution in [1.82, 2.24) is 14.5 Å². The minimum Gasteiger partial charge on any atom is -0.334 e. The lowest BCUT2D eigenvalue weighted by atomic mass is 10.2. The summed E-state index contributed by atoms with van der Waals surface area (Å²) in [5, 5.41) is 0. The summed E-state index contributed by atoms with van der Waals surface area (Å²) < 4.78 is 2.30.